The van der Waals surface area contributed by atoms with E-state index in [-0.39, 0.29) is 17.6 Å². The van der Waals surface area contributed by atoms with Crippen molar-refractivity contribution in [2.75, 3.05) is 26.2 Å². The number of nitro groups is 1. The van der Waals surface area contributed by atoms with Crippen molar-refractivity contribution in [3.05, 3.63) is 81.7 Å². The normalized spacial score (nSPS) is 19.8. The van der Waals surface area contributed by atoms with Gasteiger partial charge in [-0.1, -0.05) is 61.2 Å². The Kier molecular flexibility index (Phi) is 6.44. The topological polar surface area (TPSA) is 97.4 Å². The van der Waals surface area contributed by atoms with E-state index in [1.807, 2.05) is 13.0 Å². The molecule has 2 aromatic carbocycles. The van der Waals surface area contributed by atoms with Gasteiger partial charge in [-0.15, -0.1) is 5.10 Å². The van der Waals surface area contributed by atoms with Crippen LogP contribution in [0.1, 0.15) is 34.7 Å². The fourth-order valence-electron chi connectivity index (χ4n) is 4.60. The lowest BCUT2D eigenvalue weighted by molar-refractivity contribution is -0.384. The largest absolute Gasteiger partial charge is 0.297 e. The van der Waals surface area contributed by atoms with Crippen LogP contribution in [0.25, 0.3) is 0 Å². The van der Waals surface area contributed by atoms with Crippen molar-refractivity contribution in [2.45, 2.75) is 36.3 Å². The van der Waals surface area contributed by atoms with Crippen molar-refractivity contribution in [3.8, 4) is 0 Å². The number of aromatic nitrogens is 3. The average Bonchev–Trinajstić information content (AvgIpc) is 3.40. The zero-order valence-electron chi connectivity index (χ0n) is 18.9. The summed E-state index contributed by atoms with van der Waals surface area (Å²) in [7, 11) is 0. The third-order valence-electron chi connectivity index (χ3n) is 6.40. The van der Waals surface area contributed by atoms with Crippen molar-refractivity contribution in [3.63, 3.8) is 0 Å². The van der Waals surface area contributed by atoms with Gasteiger partial charge in [-0.2, -0.15) is 4.68 Å². The Hall–Kier alpha value is -3.08. The van der Waals surface area contributed by atoms with E-state index in [1.54, 1.807) is 12.1 Å². The van der Waals surface area contributed by atoms with Gasteiger partial charge < -0.3 is 0 Å². The molecule has 3 heterocycles. The van der Waals surface area contributed by atoms with E-state index >= 15 is 0 Å². The van der Waals surface area contributed by atoms with Crippen molar-refractivity contribution in [2.24, 2.45) is 0 Å². The highest BCUT2D eigenvalue weighted by atomic mass is 32.2. The van der Waals surface area contributed by atoms with Gasteiger partial charge in [-0.05, 0) is 11.1 Å². The molecule has 3 aromatic rings. The van der Waals surface area contributed by atoms with Crippen LogP contribution in [0.3, 0.4) is 0 Å². The zero-order chi connectivity index (χ0) is 23.7. The number of piperazine rings is 1. The molecule has 176 valence electrons. The SMILES string of the molecule is CCc1nc2n(n1)C(=O)C(C(c1ccc([N+](=O)[O-])cc1)N1CCN(Cc3ccccc3)CC1)S2. The second kappa shape index (κ2) is 9.65. The Bertz CT molecular complexity index is 1180. The maximum absolute atomic E-state index is 13.4. The van der Waals surface area contributed by atoms with Crippen molar-refractivity contribution in [1.29, 1.82) is 0 Å². The maximum Gasteiger partial charge on any atom is 0.269 e. The monoisotopic (exact) mass is 478 g/mol. The smallest absolute Gasteiger partial charge is 0.269 e. The lowest BCUT2D eigenvalue weighted by atomic mass is 9.99. The highest BCUT2D eigenvalue weighted by molar-refractivity contribution is 8.00. The number of carbonyl (C=O) groups is 1. The van der Waals surface area contributed by atoms with Crippen LogP contribution in [0.15, 0.2) is 59.8 Å². The van der Waals surface area contributed by atoms with Gasteiger partial charge in [0.2, 0.25) is 0 Å². The second-order valence-electron chi connectivity index (χ2n) is 8.54. The minimum absolute atomic E-state index is 0.0442. The van der Waals surface area contributed by atoms with Crippen LogP contribution in [0, 0.1) is 10.1 Å². The van der Waals surface area contributed by atoms with Gasteiger partial charge in [0.25, 0.3) is 11.6 Å². The number of benzene rings is 2. The number of fused-ring (bicyclic) bond motifs is 1. The molecule has 0 bridgehead atoms. The first kappa shape index (κ1) is 22.7. The molecule has 1 aromatic heterocycles. The summed E-state index contributed by atoms with van der Waals surface area (Å²) in [6.07, 6.45) is 0.674. The molecule has 10 heteroatoms. The molecule has 1 saturated heterocycles. The first-order valence-electron chi connectivity index (χ1n) is 11.4. The molecule has 34 heavy (non-hydrogen) atoms. The number of carbonyl (C=O) groups excluding carboxylic acids is 1. The van der Waals surface area contributed by atoms with Crippen LogP contribution in [0.2, 0.25) is 0 Å². The number of aryl methyl sites for hydroxylation is 1. The predicted molar refractivity (Wildman–Crippen MR) is 129 cm³/mol. The molecular formula is C24H26N6O3S. The first-order chi connectivity index (χ1) is 16.5. The van der Waals surface area contributed by atoms with E-state index in [4.69, 9.17) is 0 Å². The Balaban J connectivity index is 1.37. The molecule has 9 nitrogen and oxygen atoms in total. The maximum atomic E-state index is 13.4. The Labute approximate surface area is 201 Å². The van der Waals surface area contributed by atoms with Crippen LogP contribution in [-0.2, 0) is 13.0 Å². The summed E-state index contributed by atoms with van der Waals surface area (Å²) < 4.78 is 1.43. The number of hydrogen-bond acceptors (Lipinski definition) is 8. The van der Waals surface area contributed by atoms with Crippen LogP contribution in [-0.4, -0.2) is 66.8 Å². The molecule has 2 atom stereocenters. The fourth-order valence-corrected chi connectivity index (χ4v) is 5.88. The van der Waals surface area contributed by atoms with E-state index in [0.717, 1.165) is 38.3 Å². The van der Waals surface area contributed by atoms with Gasteiger partial charge >= 0.3 is 0 Å². The summed E-state index contributed by atoms with van der Waals surface area (Å²) in [5.41, 5.74) is 2.23. The zero-order valence-corrected chi connectivity index (χ0v) is 19.7. The minimum atomic E-state index is -0.400. The number of thioether (sulfide) groups is 1. The highest BCUT2D eigenvalue weighted by Crippen LogP contribution is 2.41. The summed E-state index contributed by atoms with van der Waals surface area (Å²) in [5, 5.41) is 15.8. The number of hydrogen-bond donors (Lipinski definition) is 0. The van der Waals surface area contributed by atoms with E-state index < -0.39 is 10.2 Å². The predicted octanol–water partition coefficient (Wildman–Crippen LogP) is 3.42. The summed E-state index contributed by atoms with van der Waals surface area (Å²) in [5.74, 6) is 0.581. The minimum Gasteiger partial charge on any atom is -0.297 e. The van der Waals surface area contributed by atoms with Gasteiger partial charge in [-0.3, -0.25) is 24.7 Å². The fraction of sp³-hybridized carbons (Fsp3) is 0.375. The van der Waals surface area contributed by atoms with Crippen molar-refractivity contribution in [1.82, 2.24) is 24.6 Å². The molecule has 0 aliphatic carbocycles. The lowest BCUT2D eigenvalue weighted by Gasteiger charge is -2.41. The highest BCUT2D eigenvalue weighted by Gasteiger charge is 2.43. The molecule has 0 spiro atoms. The Morgan fingerprint density at radius 1 is 1.09 bits per heavy atom. The Morgan fingerprint density at radius 3 is 2.41 bits per heavy atom. The number of non-ortho nitro benzene ring substituents is 1. The molecule has 0 amide bonds. The van der Waals surface area contributed by atoms with E-state index in [1.165, 1.54) is 34.1 Å². The molecule has 2 aliphatic heterocycles. The van der Waals surface area contributed by atoms with Crippen LogP contribution >= 0.6 is 11.8 Å². The van der Waals surface area contributed by atoms with Gasteiger partial charge in [-0.25, -0.2) is 4.98 Å². The average molecular weight is 479 g/mol. The molecular weight excluding hydrogens is 452 g/mol. The van der Waals surface area contributed by atoms with Crippen LogP contribution in [0.4, 0.5) is 5.69 Å². The third-order valence-corrected chi connectivity index (χ3v) is 7.59. The van der Waals surface area contributed by atoms with Gasteiger partial charge in [0.1, 0.15) is 5.25 Å². The standard InChI is InChI=1S/C24H26N6O3S/c1-2-20-25-24-29(26-20)23(31)22(34-24)21(18-8-10-19(11-9-18)30(32)33)28-14-12-27(13-15-28)16-17-6-4-3-5-7-17/h3-11,21-22H,2,12-16H2,1H3. The summed E-state index contributed by atoms with van der Waals surface area (Å²) >= 11 is 1.44. The van der Waals surface area contributed by atoms with Crippen LogP contribution < -0.4 is 0 Å². The van der Waals surface area contributed by atoms with Gasteiger partial charge in [0.15, 0.2) is 11.0 Å². The lowest BCUT2D eigenvalue weighted by Crippen LogP contribution is -2.50. The molecule has 2 aliphatic rings. The van der Waals surface area contributed by atoms with E-state index in [9.17, 15) is 14.9 Å². The quantitative estimate of drug-likeness (QED) is 0.376. The molecule has 0 N–H and O–H groups in total. The summed E-state index contributed by atoms with van der Waals surface area (Å²) in [6.45, 7) is 6.22. The van der Waals surface area contributed by atoms with Crippen molar-refractivity contribution >= 4 is 23.4 Å². The molecule has 0 radical (unpaired) electrons. The number of rotatable bonds is 7. The third kappa shape index (κ3) is 4.48. The van der Waals surface area contributed by atoms with E-state index in [0.29, 0.717) is 17.4 Å². The second-order valence-corrected chi connectivity index (χ2v) is 9.65. The van der Waals surface area contributed by atoms with Gasteiger partial charge in [0.05, 0.1) is 11.0 Å². The molecule has 5 rings (SSSR count). The van der Waals surface area contributed by atoms with Crippen LogP contribution in [0.5, 0.6) is 0 Å². The van der Waals surface area contributed by atoms with E-state index in [2.05, 4.69) is 44.1 Å². The Morgan fingerprint density at radius 2 is 1.79 bits per heavy atom. The number of nitrogens with zero attached hydrogens (tertiary/aromatic N) is 6. The molecule has 2 unspecified atom stereocenters. The summed E-state index contributed by atoms with van der Waals surface area (Å²) in [6, 6.07) is 16.8. The summed E-state index contributed by atoms with van der Waals surface area (Å²) in [4.78, 5) is 33.4. The van der Waals surface area contributed by atoms with Gasteiger partial charge in [0, 0.05) is 51.3 Å². The molecule has 0 saturated carbocycles. The number of nitro benzene ring substituents is 1. The first-order valence-corrected chi connectivity index (χ1v) is 12.3. The molecule has 1 fully saturated rings. The van der Waals surface area contributed by atoms with Crippen molar-refractivity contribution < 1.29 is 9.72 Å².